The molecule has 160 valence electrons. The van der Waals surface area contributed by atoms with E-state index >= 15 is 0 Å². The number of nitriles is 2. The Kier molecular flexibility index (Phi) is 6.67. The fraction of sp³-hybridized carbons (Fsp3) is 0.167. The van der Waals surface area contributed by atoms with Crippen LogP contribution in [0.25, 0.3) is 0 Å². The van der Waals surface area contributed by atoms with Gasteiger partial charge in [0, 0.05) is 12.1 Å². The van der Waals surface area contributed by atoms with Crippen LogP contribution < -0.4 is 26.9 Å². The number of nitrogens with zero attached hydrogens (tertiary/aromatic N) is 3. The van der Waals surface area contributed by atoms with Crippen LogP contribution in [-0.4, -0.2) is 5.91 Å². The molecular formula is C24H17BrF2N4O. The van der Waals surface area contributed by atoms with Gasteiger partial charge in [0.2, 0.25) is 6.04 Å². The third-order valence-corrected chi connectivity index (χ3v) is 5.68. The number of benzene rings is 2. The smallest absolute Gasteiger partial charge is 0.290 e. The standard InChI is InChI=1S/C24H16F2N4O.BrH/c25-18-8-4-16(5-9-18)20-21(30-12-2-1-3-13-30)23(31)29-22(24(20,14-27)15-28)17-6-10-19(26)11-7-17;/h1-13,20-22H;1H. The SMILES string of the molecule is N#CC1(C#N)C(c2ccc(F)cc2)NC(=O)C([n+]2ccccc2)C1c1ccc(F)cc1.[Br-]. The van der Waals surface area contributed by atoms with Crippen LogP contribution in [0.4, 0.5) is 8.78 Å². The number of carbonyl (C=O) groups excluding carboxylic acids is 1. The van der Waals surface area contributed by atoms with Crippen molar-refractivity contribution >= 4 is 5.91 Å². The number of rotatable bonds is 3. The molecule has 5 nitrogen and oxygen atoms in total. The highest BCUT2D eigenvalue weighted by atomic mass is 79.9. The van der Waals surface area contributed by atoms with Gasteiger partial charge in [-0.15, -0.1) is 0 Å². The fourth-order valence-electron chi connectivity index (χ4n) is 4.24. The first kappa shape index (κ1) is 23.1. The second kappa shape index (κ2) is 9.25. The summed E-state index contributed by atoms with van der Waals surface area (Å²) in [6.07, 6.45) is 3.36. The van der Waals surface area contributed by atoms with Crippen molar-refractivity contribution in [2.24, 2.45) is 5.41 Å². The van der Waals surface area contributed by atoms with Crippen LogP contribution in [0, 0.1) is 39.7 Å². The summed E-state index contributed by atoms with van der Waals surface area (Å²) in [6, 6.07) is 18.4. The van der Waals surface area contributed by atoms with E-state index in [0.29, 0.717) is 11.1 Å². The predicted molar refractivity (Wildman–Crippen MR) is 106 cm³/mol. The summed E-state index contributed by atoms with van der Waals surface area (Å²) in [5.74, 6) is -2.26. The molecule has 0 spiro atoms. The van der Waals surface area contributed by atoms with Gasteiger partial charge >= 0.3 is 0 Å². The Morgan fingerprint density at radius 3 is 1.84 bits per heavy atom. The number of nitrogens with one attached hydrogen (secondary N) is 1. The lowest BCUT2D eigenvalue weighted by molar-refractivity contribution is -0.714. The number of amides is 1. The summed E-state index contributed by atoms with van der Waals surface area (Å²) in [4.78, 5) is 13.3. The molecule has 1 saturated heterocycles. The second-order valence-electron chi connectivity index (χ2n) is 7.38. The van der Waals surface area contributed by atoms with Crippen molar-refractivity contribution in [3.8, 4) is 12.1 Å². The van der Waals surface area contributed by atoms with Crippen molar-refractivity contribution < 1.29 is 35.1 Å². The lowest BCUT2D eigenvalue weighted by atomic mass is 9.62. The third-order valence-electron chi connectivity index (χ3n) is 5.68. The number of pyridine rings is 1. The van der Waals surface area contributed by atoms with E-state index < -0.39 is 41.0 Å². The molecule has 2 heterocycles. The molecular weight excluding hydrogens is 478 g/mol. The first-order valence-electron chi connectivity index (χ1n) is 9.60. The Bertz CT molecular complexity index is 1170. The van der Waals surface area contributed by atoms with E-state index in [1.165, 1.54) is 48.5 Å². The lowest BCUT2D eigenvalue weighted by Crippen LogP contribution is -3.00. The predicted octanol–water partition coefficient (Wildman–Crippen LogP) is 0.486. The van der Waals surface area contributed by atoms with E-state index in [9.17, 15) is 24.1 Å². The Morgan fingerprint density at radius 1 is 0.844 bits per heavy atom. The number of aromatic nitrogens is 1. The molecule has 0 bridgehead atoms. The van der Waals surface area contributed by atoms with Gasteiger partial charge in [-0.3, -0.25) is 4.79 Å². The van der Waals surface area contributed by atoms with Gasteiger partial charge in [0.25, 0.3) is 5.91 Å². The molecule has 1 N–H and O–H groups in total. The quantitative estimate of drug-likeness (QED) is 0.538. The molecule has 1 aliphatic rings. The maximum Gasteiger partial charge on any atom is 0.290 e. The molecule has 32 heavy (non-hydrogen) atoms. The molecule has 1 amide bonds. The van der Waals surface area contributed by atoms with Gasteiger partial charge in [0.05, 0.1) is 24.1 Å². The molecule has 8 heteroatoms. The van der Waals surface area contributed by atoms with Gasteiger partial charge in [0.1, 0.15) is 11.6 Å². The number of carbonyl (C=O) groups is 1. The number of hydrogen-bond acceptors (Lipinski definition) is 3. The van der Waals surface area contributed by atoms with Crippen molar-refractivity contribution in [1.82, 2.24) is 5.32 Å². The maximum absolute atomic E-state index is 13.6. The first-order valence-corrected chi connectivity index (χ1v) is 9.60. The van der Waals surface area contributed by atoms with Crippen molar-refractivity contribution in [3.63, 3.8) is 0 Å². The van der Waals surface area contributed by atoms with Crippen molar-refractivity contribution in [2.75, 3.05) is 0 Å². The highest BCUT2D eigenvalue weighted by molar-refractivity contribution is 5.82. The van der Waals surface area contributed by atoms with Crippen LogP contribution in [-0.2, 0) is 4.79 Å². The zero-order valence-corrected chi connectivity index (χ0v) is 18.2. The Labute approximate surface area is 194 Å². The highest BCUT2D eigenvalue weighted by Gasteiger charge is 2.61. The molecule has 1 fully saturated rings. The topological polar surface area (TPSA) is 80.6 Å². The molecule has 1 aliphatic heterocycles. The summed E-state index contributed by atoms with van der Waals surface area (Å²) in [6.45, 7) is 0. The molecule has 0 aliphatic carbocycles. The van der Waals surface area contributed by atoms with Crippen LogP contribution in [0.15, 0.2) is 79.1 Å². The summed E-state index contributed by atoms with van der Waals surface area (Å²) in [5.41, 5.74) is -0.828. The molecule has 0 saturated carbocycles. The molecule has 3 atom stereocenters. The van der Waals surface area contributed by atoms with E-state index in [-0.39, 0.29) is 17.0 Å². The van der Waals surface area contributed by atoms with E-state index in [1.807, 2.05) is 0 Å². The summed E-state index contributed by atoms with van der Waals surface area (Å²) in [5, 5.41) is 23.4. The van der Waals surface area contributed by atoms with Crippen LogP contribution >= 0.6 is 0 Å². The fourth-order valence-corrected chi connectivity index (χ4v) is 4.24. The molecule has 0 radical (unpaired) electrons. The second-order valence-corrected chi connectivity index (χ2v) is 7.38. The van der Waals surface area contributed by atoms with E-state index in [0.717, 1.165) is 0 Å². The average Bonchev–Trinajstić information content (AvgIpc) is 2.80. The molecule has 3 unspecified atom stereocenters. The van der Waals surface area contributed by atoms with E-state index in [2.05, 4.69) is 17.5 Å². The largest absolute Gasteiger partial charge is 1.00 e. The van der Waals surface area contributed by atoms with Crippen LogP contribution in [0.3, 0.4) is 0 Å². The molecule has 1 aromatic heterocycles. The zero-order valence-electron chi connectivity index (χ0n) is 16.6. The number of halogens is 3. The normalized spacial score (nSPS) is 21.4. The summed E-state index contributed by atoms with van der Waals surface area (Å²) < 4.78 is 28.8. The summed E-state index contributed by atoms with van der Waals surface area (Å²) in [7, 11) is 0. The van der Waals surface area contributed by atoms with E-state index in [4.69, 9.17) is 0 Å². The molecule has 2 aromatic carbocycles. The van der Waals surface area contributed by atoms with Crippen molar-refractivity contribution in [3.05, 3.63) is 102 Å². The monoisotopic (exact) mass is 494 g/mol. The zero-order chi connectivity index (χ0) is 22.0. The number of piperidine rings is 1. The maximum atomic E-state index is 13.6. The van der Waals surface area contributed by atoms with Gasteiger partial charge in [-0.2, -0.15) is 15.1 Å². The van der Waals surface area contributed by atoms with Gasteiger partial charge in [0.15, 0.2) is 17.8 Å². The average molecular weight is 495 g/mol. The highest BCUT2D eigenvalue weighted by Crippen LogP contribution is 2.52. The van der Waals surface area contributed by atoms with Crippen molar-refractivity contribution in [1.29, 1.82) is 10.5 Å². The Morgan fingerprint density at radius 2 is 1.34 bits per heavy atom. The third kappa shape index (κ3) is 3.86. The van der Waals surface area contributed by atoms with Crippen LogP contribution in [0.1, 0.15) is 29.1 Å². The minimum atomic E-state index is -1.74. The van der Waals surface area contributed by atoms with Crippen LogP contribution in [0.2, 0.25) is 0 Å². The minimum Gasteiger partial charge on any atom is -1.00 e. The van der Waals surface area contributed by atoms with Gasteiger partial charge < -0.3 is 22.3 Å². The van der Waals surface area contributed by atoms with Crippen LogP contribution in [0.5, 0.6) is 0 Å². The van der Waals surface area contributed by atoms with E-state index in [1.54, 1.807) is 35.2 Å². The lowest BCUT2D eigenvalue weighted by Gasteiger charge is -2.42. The van der Waals surface area contributed by atoms with Gasteiger partial charge in [-0.1, -0.05) is 30.3 Å². The van der Waals surface area contributed by atoms with Crippen molar-refractivity contribution in [2.45, 2.75) is 18.0 Å². The minimum absolute atomic E-state index is 0. The summed E-state index contributed by atoms with van der Waals surface area (Å²) >= 11 is 0. The number of hydrogen-bond donors (Lipinski definition) is 1. The van der Waals surface area contributed by atoms with Gasteiger partial charge in [-0.05, 0) is 35.4 Å². The molecule has 3 aromatic rings. The van der Waals surface area contributed by atoms with Gasteiger partial charge in [-0.25, -0.2) is 8.78 Å². The Balaban J connectivity index is 0.00000289. The first-order chi connectivity index (χ1) is 15.0. The Hall–Kier alpha value is -3.62. The molecule has 4 rings (SSSR count).